The Morgan fingerprint density at radius 2 is 1.74 bits per heavy atom. The van der Waals surface area contributed by atoms with Crippen molar-refractivity contribution in [2.45, 2.75) is 12.5 Å². The summed E-state index contributed by atoms with van der Waals surface area (Å²) in [7, 11) is 3.07. The standard InChI is InChI=1S/C22H18N2O5S2/c1-28-16-9-8-13(10-17(16)29-2)11-18-21(27)24(22(30)31-18)15-12-19(25)23(20(15)26)14-6-4-3-5-7-14/h3-11,15H,12H2,1-2H3/b18-11-. The quantitative estimate of drug-likeness (QED) is 0.390. The molecule has 0 aromatic heterocycles. The summed E-state index contributed by atoms with van der Waals surface area (Å²) in [5.74, 6) is -0.116. The summed E-state index contributed by atoms with van der Waals surface area (Å²) < 4.78 is 10.8. The Morgan fingerprint density at radius 3 is 2.42 bits per heavy atom. The molecule has 2 fully saturated rings. The number of carbonyl (C=O) groups excluding carboxylic acids is 3. The Balaban J connectivity index is 1.60. The van der Waals surface area contributed by atoms with E-state index in [4.69, 9.17) is 21.7 Å². The predicted molar refractivity (Wildman–Crippen MR) is 122 cm³/mol. The van der Waals surface area contributed by atoms with E-state index in [1.807, 2.05) is 0 Å². The highest BCUT2D eigenvalue weighted by atomic mass is 32.2. The Hall–Kier alpha value is -3.17. The summed E-state index contributed by atoms with van der Waals surface area (Å²) in [5, 5.41) is 0. The number of hydrogen-bond acceptors (Lipinski definition) is 7. The first-order valence-electron chi connectivity index (χ1n) is 9.35. The number of thioether (sulfide) groups is 1. The van der Waals surface area contributed by atoms with E-state index in [0.29, 0.717) is 22.1 Å². The first-order valence-corrected chi connectivity index (χ1v) is 10.6. The molecule has 1 unspecified atom stereocenters. The molecule has 0 N–H and O–H groups in total. The highest BCUT2D eigenvalue weighted by Gasteiger charge is 2.48. The number of para-hydroxylation sites is 1. The molecule has 0 aliphatic carbocycles. The zero-order valence-corrected chi connectivity index (χ0v) is 18.4. The third-order valence-corrected chi connectivity index (χ3v) is 6.31. The number of hydrogen-bond donors (Lipinski definition) is 0. The Kier molecular flexibility index (Phi) is 5.79. The summed E-state index contributed by atoms with van der Waals surface area (Å²) >= 11 is 6.49. The molecule has 2 saturated heterocycles. The molecule has 4 rings (SSSR count). The van der Waals surface area contributed by atoms with E-state index in [2.05, 4.69) is 0 Å². The number of amides is 3. The van der Waals surface area contributed by atoms with E-state index < -0.39 is 17.9 Å². The number of nitrogens with zero attached hydrogens (tertiary/aromatic N) is 2. The minimum absolute atomic E-state index is 0.107. The lowest BCUT2D eigenvalue weighted by Crippen LogP contribution is -2.44. The van der Waals surface area contributed by atoms with Crippen molar-refractivity contribution < 1.29 is 23.9 Å². The Labute approximate surface area is 188 Å². The van der Waals surface area contributed by atoms with Gasteiger partial charge in [0.25, 0.3) is 11.8 Å². The summed E-state index contributed by atoms with van der Waals surface area (Å²) in [6.45, 7) is 0. The van der Waals surface area contributed by atoms with Crippen molar-refractivity contribution >= 4 is 57.8 Å². The van der Waals surface area contributed by atoms with Crippen LogP contribution in [0.1, 0.15) is 12.0 Å². The molecule has 0 radical (unpaired) electrons. The van der Waals surface area contributed by atoms with Crippen LogP contribution < -0.4 is 14.4 Å². The fourth-order valence-electron chi connectivity index (χ4n) is 3.51. The molecule has 9 heteroatoms. The third-order valence-electron chi connectivity index (χ3n) is 4.98. The monoisotopic (exact) mass is 454 g/mol. The van der Waals surface area contributed by atoms with Crippen molar-refractivity contribution in [1.29, 1.82) is 0 Å². The van der Waals surface area contributed by atoms with Gasteiger partial charge in [-0.15, -0.1) is 0 Å². The van der Waals surface area contributed by atoms with Gasteiger partial charge in [0.15, 0.2) is 11.5 Å². The number of ether oxygens (including phenoxy) is 2. The van der Waals surface area contributed by atoms with Gasteiger partial charge < -0.3 is 9.47 Å². The molecule has 7 nitrogen and oxygen atoms in total. The van der Waals surface area contributed by atoms with Crippen LogP contribution >= 0.6 is 24.0 Å². The number of benzene rings is 2. The molecule has 2 heterocycles. The second-order valence-corrected chi connectivity index (χ2v) is 8.46. The summed E-state index contributed by atoms with van der Waals surface area (Å²) in [4.78, 5) is 41.4. The number of imide groups is 1. The number of anilines is 1. The molecule has 2 aromatic carbocycles. The first-order chi connectivity index (χ1) is 14.9. The van der Waals surface area contributed by atoms with E-state index in [0.717, 1.165) is 22.2 Å². The highest BCUT2D eigenvalue weighted by Crippen LogP contribution is 2.38. The maximum absolute atomic E-state index is 13.1. The van der Waals surface area contributed by atoms with Crippen molar-refractivity contribution in [2.24, 2.45) is 0 Å². The van der Waals surface area contributed by atoms with Gasteiger partial charge in [-0.3, -0.25) is 19.3 Å². The SMILES string of the molecule is COc1ccc(/C=C2\SC(=S)N(C3CC(=O)N(c4ccccc4)C3=O)C2=O)cc1OC. The molecule has 158 valence electrons. The molecule has 0 spiro atoms. The van der Waals surface area contributed by atoms with Crippen LogP contribution in [0.25, 0.3) is 6.08 Å². The lowest BCUT2D eigenvalue weighted by molar-refractivity contribution is -0.129. The lowest BCUT2D eigenvalue weighted by Gasteiger charge is -2.21. The highest BCUT2D eigenvalue weighted by molar-refractivity contribution is 8.26. The second-order valence-electron chi connectivity index (χ2n) is 6.79. The molecule has 1 atom stereocenters. The molecule has 3 amide bonds. The van der Waals surface area contributed by atoms with Gasteiger partial charge in [0, 0.05) is 0 Å². The lowest BCUT2D eigenvalue weighted by atomic mass is 10.1. The van der Waals surface area contributed by atoms with E-state index in [-0.39, 0.29) is 16.6 Å². The molecule has 0 saturated carbocycles. The maximum Gasteiger partial charge on any atom is 0.266 e. The Morgan fingerprint density at radius 1 is 1.03 bits per heavy atom. The van der Waals surface area contributed by atoms with Crippen molar-refractivity contribution in [3.63, 3.8) is 0 Å². The minimum Gasteiger partial charge on any atom is -0.493 e. The van der Waals surface area contributed by atoms with E-state index in [9.17, 15) is 14.4 Å². The van der Waals surface area contributed by atoms with E-state index >= 15 is 0 Å². The summed E-state index contributed by atoms with van der Waals surface area (Å²) in [6.07, 6.45) is 1.57. The van der Waals surface area contributed by atoms with Crippen molar-refractivity contribution in [2.75, 3.05) is 19.1 Å². The van der Waals surface area contributed by atoms with Crippen molar-refractivity contribution in [3.05, 3.63) is 59.0 Å². The Bertz CT molecular complexity index is 1120. The predicted octanol–water partition coefficient (Wildman–Crippen LogP) is 3.24. The zero-order chi connectivity index (χ0) is 22.1. The second kappa shape index (κ2) is 8.52. The number of rotatable bonds is 5. The van der Waals surface area contributed by atoms with Gasteiger partial charge in [-0.1, -0.05) is 48.2 Å². The van der Waals surface area contributed by atoms with Crippen LogP contribution in [0.3, 0.4) is 0 Å². The number of thiocarbonyl (C=S) groups is 1. The minimum atomic E-state index is -0.948. The summed E-state index contributed by atoms with van der Waals surface area (Å²) in [5.41, 5.74) is 1.20. The third kappa shape index (κ3) is 3.82. The fourth-order valence-corrected chi connectivity index (χ4v) is 4.87. The topological polar surface area (TPSA) is 76.2 Å². The van der Waals surface area contributed by atoms with Crippen molar-refractivity contribution in [3.8, 4) is 11.5 Å². The molecule has 31 heavy (non-hydrogen) atoms. The molecule has 2 aliphatic rings. The van der Waals surface area contributed by atoms with Crippen LogP contribution in [0, 0.1) is 0 Å². The van der Waals surface area contributed by atoms with Gasteiger partial charge in [-0.2, -0.15) is 0 Å². The van der Waals surface area contributed by atoms with Crippen LogP contribution in [-0.4, -0.2) is 47.2 Å². The van der Waals surface area contributed by atoms with Gasteiger partial charge in [-0.25, -0.2) is 4.90 Å². The van der Waals surface area contributed by atoms with E-state index in [1.54, 1.807) is 61.7 Å². The molecular formula is C22H18N2O5S2. The maximum atomic E-state index is 13.1. The van der Waals surface area contributed by atoms with Crippen LogP contribution in [-0.2, 0) is 14.4 Å². The first kappa shape index (κ1) is 21.1. The smallest absolute Gasteiger partial charge is 0.266 e. The molecule has 2 aliphatic heterocycles. The fraction of sp³-hybridized carbons (Fsp3) is 0.182. The van der Waals surface area contributed by atoms with Gasteiger partial charge in [0.2, 0.25) is 5.91 Å². The molecule has 2 aromatic rings. The van der Waals surface area contributed by atoms with Gasteiger partial charge in [-0.05, 0) is 35.9 Å². The zero-order valence-electron chi connectivity index (χ0n) is 16.7. The van der Waals surface area contributed by atoms with Gasteiger partial charge in [0.05, 0.1) is 31.2 Å². The van der Waals surface area contributed by atoms with Gasteiger partial charge in [0.1, 0.15) is 10.4 Å². The van der Waals surface area contributed by atoms with Crippen LogP contribution in [0.5, 0.6) is 11.5 Å². The number of methoxy groups -OCH3 is 2. The van der Waals surface area contributed by atoms with Crippen molar-refractivity contribution in [1.82, 2.24) is 4.90 Å². The normalized spacial score (nSPS) is 20.2. The van der Waals surface area contributed by atoms with Crippen LogP contribution in [0.2, 0.25) is 0 Å². The van der Waals surface area contributed by atoms with Crippen LogP contribution in [0.15, 0.2) is 53.4 Å². The summed E-state index contributed by atoms with van der Waals surface area (Å²) in [6, 6.07) is 13.0. The average Bonchev–Trinajstić information content (AvgIpc) is 3.22. The average molecular weight is 455 g/mol. The van der Waals surface area contributed by atoms with Gasteiger partial charge >= 0.3 is 0 Å². The van der Waals surface area contributed by atoms with E-state index in [1.165, 1.54) is 12.0 Å². The molecule has 0 bridgehead atoms. The number of carbonyl (C=O) groups is 3. The van der Waals surface area contributed by atoms with Crippen LogP contribution in [0.4, 0.5) is 5.69 Å². The largest absolute Gasteiger partial charge is 0.493 e. The molecular weight excluding hydrogens is 436 g/mol.